The molecule has 5 rings (SSSR count). The van der Waals surface area contributed by atoms with E-state index in [0.717, 1.165) is 39.1 Å². The highest BCUT2D eigenvalue weighted by atomic mass is 16.1. The lowest BCUT2D eigenvalue weighted by molar-refractivity contribution is 0.835. The molecular weight excluding hydrogens is 310 g/mol. The van der Waals surface area contributed by atoms with Gasteiger partial charge in [-0.25, -0.2) is 9.67 Å². The Balaban J connectivity index is 1.76. The molecule has 0 bridgehead atoms. The third-order valence-corrected chi connectivity index (χ3v) is 4.69. The van der Waals surface area contributed by atoms with Crippen molar-refractivity contribution in [3.63, 3.8) is 0 Å². The molecule has 0 spiro atoms. The number of nitrogens with zero attached hydrogens (tertiary/aromatic N) is 2. The highest BCUT2D eigenvalue weighted by Gasteiger charge is 2.25. The Kier molecular flexibility index (Phi) is 2.82. The van der Waals surface area contributed by atoms with E-state index in [0.29, 0.717) is 5.56 Å². The van der Waals surface area contributed by atoms with Gasteiger partial charge < -0.3 is 0 Å². The van der Waals surface area contributed by atoms with Crippen LogP contribution in [0.3, 0.4) is 0 Å². The number of aliphatic imine (C=N–C) groups is 1. The van der Waals surface area contributed by atoms with Crippen molar-refractivity contribution in [3.8, 4) is 5.69 Å². The fourth-order valence-corrected chi connectivity index (χ4v) is 3.57. The summed E-state index contributed by atoms with van der Waals surface area (Å²) in [6.07, 6.45) is 0. The Morgan fingerprint density at radius 2 is 1.68 bits per heavy atom. The lowest BCUT2D eigenvalue weighted by Gasteiger charge is -2.02. The van der Waals surface area contributed by atoms with Gasteiger partial charge in [0, 0.05) is 16.6 Å². The Morgan fingerprint density at radius 1 is 0.920 bits per heavy atom. The summed E-state index contributed by atoms with van der Waals surface area (Å²) in [6, 6.07) is 21.8. The van der Waals surface area contributed by atoms with E-state index in [1.54, 1.807) is 4.68 Å². The molecule has 3 aromatic carbocycles. The number of benzene rings is 3. The third kappa shape index (κ3) is 1.94. The van der Waals surface area contributed by atoms with Gasteiger partial charge in [0.1, 0.15) is 0 Å². The first-order valence-electron chi connectivity index (χ1n) is 8.22. The topological polar surface area (TPSA) is 50.1 Å². The number of rotatable bonds is 2. The first-order valence-corrected chi connectivity index (χ1v) is 8.22. The lowest BCUT2D eigenvalue weighted by Crippen LogP contribution is -2.20. The first kappa shape index (κ1) is 14.0. The van der Waals surface area contributed by atoms with E-state index in [2.05, 4.69) is 17.2 Å². The van der Waals surface area contributed by atoms with Crippen molar-refractivity contribution in [2.24, 2.45) is 4.99 Å². The van der Waals surface area contributed by atoms with Crippen LogP contribution in [0.5, 0.6) is 0 Å². The van der Waals surface area contributed by atoms with Crippen molar-refractivity contribution >= 4 is 22.2 Å². The van der Waals surface area contributed by atoms with Gasteiger partial charge in [0.05, 0.1) is 22.6 Å². The first-order chi connectivity index (χ1) is 12.2. The van der Waals surface area contributed by atoms with Gasteiger partial charge >= 0.3 is 0 Å². The number of aromatic amines is 1. The second kappa shape index (κ2) is 5.05. The van der Waals surface area contributed by atoms with Crippen molar-refractivity contribution in [2.75, 3.05) is 0 Å². The van der Waals surface area contributed by atoms with Crippen molar-refractivity contribution in [2.45, 2.75) is 6.92 Å². The predicted molar refractivity (Wildman–Crippen MR) is 100 cm³/mol. The molecule has 120 valence electrons. The van der Waals surface area contributed by atoms with Crippen LogP contribution in [0.1, 0.15) is 16.8 Å². The highest BCUT2D eigenvalue weighted by molar-refractivity contribution is 6.26. The summed E-state index contributed by atoms with van der Waals surface area (Å²) in [7, 11) is 0. The molecule has 0 amide bonds. The Labute approximate surface area is 144 Å². The minimum atomic E-state index is -0.0766. The van der Waals surface area contributed by atoms with Gasteiger partial charge in [-0.2, -0.15) is 0 Å². The summed E-state index contributed by atoms with van der Waals surface area (Å²) in [5.41, 5.74) is 4.88. The molecule has 1 aromatic heterocycles. The zero-order chi connectivity index (χ0) is 17.0. The molecule has 1 aliphatic rings. The molecule has 1 aliphatic heterocycles. The molecular formula is C21H15N3O. The average Bonchev–Trinajstić information content (AvgIpc) is 3.15. The maximum absolute atomic E-state index is 13.1. The molecule has 1 N–H and O–H groups in total. The van der Waals surface area contributed by atoms with Crippen LogP contribution < -0.4 is 5.56 Å². The largest absolute Gasteiger partial charge is 0.295 e. The molecule has 0 radical (unpaired) electrons. The SMILES string of the molecule is Cc1[nH]n(-c2ccccc2)c(=O)c1C1=Nc2cccc3cccc1c23. The lowest BCUT2D eigenvalue weighted by atomic mass is 9.99. The molecule has 4 nitrogen and oxygen atoms in total. The van der Waals surface area contributed by atoms with Gasteiger partial charge in [0.2, 0.25) is 0 Å². The monoisotopic (exact) mass is 325 g/mol. The van der Waals surface area contributed by atoms with E-state index in [1.807, 2.05) is 61.5 Å². The summed E-state index contributed by atoms with van der Waals surface area (Å²) in [5.74, 6) is 0. The van der Waals surface area contributed by atoms with Crippen LogP contribution in [-0.4, -0.2) is 15.5 Å². The smallest absolute Gasteiger partial charge is 0.280 e. The van der Waals surface area contributed by atoms with Gasteiger partial charge in [-0.1, -0.05) is 48.5 Å². The van der Waals surface area contributed by atoms with Crippen molar-refractivity contribution < 1.29 is 0 Å². The molecule has 2 heterocycles. The molecule has 0 saturated carbocycles. The Bertz CT molecular complexity index is 1210. The van der Waals surface area contributed by atoms with E-state index in [4.69, 9.17) is 4.99 Å². The summed E-state index contributed by atoms with van der Waals surface area (Å²) in [4.78, 5) is 17.9. The molecule has 0 fully saturated rings. The van der Waals surface area contributed by atoms with Crippen LogP contribution in [0, 0.1) is 6.92 Å². The molecule has 4 aromatic rings. The third-order valence-electron chi connectivity index (χ3n) is 4.69. The van der Waals surface area contributed by atoms with Crippen LogP contribution in [0.4, 0.5) is 5.69 Å². The van der Waals surface area contributed by atoms with Crippen molar-refractivity contribution in [1.29, 1.82) is 0 Å². The number of aryl methyl sites for hydroxylation is 1. The van der Waals surface area contributed by atoms with Gasteiger partial charge in [0.15, 0.2) is 0 Å². The summed E-state index contributed by atoms with van der Waals surface area (Å²) in [6.45, 7) is 1.92. The van der Waals surface area contributed by atoms with Gasteiger partial charge in [-0.15, -0.1) is 0 Å². The van der Waals surface area contributed by atoms with Gasteiger partial charge in [-0.05, 0) is 30.5 Å². The van der Waals surface area contributed by atoms with Crippen LogP contribution in [-0.2, 0) is 0 Å². The highest BCUT2D eigenvalue weighted by Crippen LogP contribution is 2.36. The van der Waals surface area contributed by atoms with E-state index < -0.39 is 0 Å². The second-order valence-corrected chi connectivity index (χ2v) is 6.23. The number of hydrogen-bond acceptors (Lipinski definition) is 2. The van der Waals surface area contributed by atoms with Crippen LogP contribution >= 0.6 is 0 Å². The maximum Gasteiger partial charge on any atom is 0.280 e. The van der Waals surface area contributed by atoms with Crippen LogP contribution in [0.2, 0.25) is 0 Å². The fourth-order valence-electron chi connectivity index (χ4n) is 3.57. The number of H-pyrrole nitrogens is 1. The minimum Gasteiger partial charge on any atom is -0.295 e. The van der Waals surface area contributed by atoms with Crippen LogP contribution in [0.15, 0.2) is 76.5 Å². The molecule has 0 unspecified atom stereocenters. The zero-order valence-electron chi connectivity index (χ0n) is 13.7. The van der Waals surface area contributed by atoms with Crippen LogP contribution in [0.25, 0.3) is 16.5 Å². The zero-order valence-corrected chi connectivity index (χ0v) is 13.7. The quantitative estimate of drug-likeness (QED) is 0.522. The number of hydrogen-bond donors (Lipinski definition) is 1. The molecule has 0 aliphatic carbocycles. The van der Waals surface area contributed by atoms with Gasteiger partial charge in [-0.3, -0.25) is 9.89 Å². The van der Waals surface area contributed by atoms with E-state index in [-0.39, 0.29) is 5.56 Å². The second-order valence-electron chi connectivity index (χ2n) is 6.23. The van der Waals surface area contributed by atoms with E-state index in [9.17, 15) is 4.79 Å². The fraction of sp³-hybridized carbons (Fsp3) is 0.0476. The minimum absolute atomic E-state index is 0.0766. The number of aromatic nitrogens is 2. The standard InChI is InChI=1S/C21H15N3O/c1-13-18(21(25)24(23-13)15-9-3-2-4-10-15)20-16-11-5-7-14-8-6-12-17(22-20)19(14)16/h2-12,23H,1H3. The number of para-hydroxylation sites is 1. The maximum atomic E-state index is 13.1. The van der Waals surface area contributed by atoms with E-state index in [1.165, 1.54) is 0 Å². The summed E-state index contributed by atoms with van der Waals surface area (Å²) < 4.78 is 1.58. The van der Waals surface area contributed by atoms with E-state index >= 15 is 0 Å². The molecule has 4 heteroatoms. The normalized spacial score (nSPS) is 12.6. The number of nitrogens with one attached hydrogen (secondary N) is 1. The Morgan fingerprint density at radius 3 is 2.48 bits per heavy atom. The van der Waals surface area contributed by atoms with Crippen molar-refractivity contribution in [3.05, 3.63) is 93.9 Å². The van der Waals surface area contributed by atoms with Crippen molar-refractivity contribution in [1.82, 2.24) is 9.78 Å². The molecule has 0 saturated heterocycles. The summed E-state index contributed by atoms with van der Waals surface area (Å²) >= 11 is 0. The Hall–Kier alpha value is -3.40. The average molecular weight is 325 g/mol. The molecule has 25 heavy (non-hydrogen) atoms. The summed E-state index contributed by atoms with van der Waals surface area (Å²) in [5, 5.41) is 5.45. The van der Waals surface area contributed by atoms with Gasteiger partial charge in [0.25, 0.3) is 5.56 Å². The predicted octanol–water partition coefficient (Wildman–Crippen LogP) is 4.11. The molecule has 0 atom stereocenters.